The summed E-state index contributed by atoms with van der Waals surface area (Å²) in [6.45, 7) is 3.38. The van der Waals surface area contributed by atoms with E-state index in [1.165, 1.54) is 0 Å². The van der Waals surface area contributed by atoms with E-state index in [9.17, 15) is 4.79 Å². The summed E-state index contributed by atoms with van der Waals surface area (Å²) in [5, 5.41) is 3.21. The predicted octanol–water partition coefficient (Wildman–Crippen LogP) is 1.72. The van der Waals surface area contributed by atoms with Crippen molar-refractivity contribution in [1.82, 2.24) is 14.9 Å². The zero-order chi connectivity index (χ0) is 18.7. The highest BCUT2D eigenvalue weighted by Crippen LogP contribution is 2.39. The largest absolute Gasteiger partial charge is 0.467 e. The van der Waals surface area contributed by atoms with Gasteiger partial charge >= 0.3 is 0 Å². The van der Waals surface area contributed by atoms with Gasteiger partial charge in [0.05, 0.1) is 50.2 Å². The van der Waals surface area contributed by atoms with Gasteiger partial charge in [0.25, 0.3) is 0 Å². The van der Waals surface area contributed by atoms with Crippen molar-refractivity contribution in [3.05, 3.63) is 41.6 Å². The molecule has 8 heteroatoms. The van der Waals surface area contributed by atoms with Gasteiger partial charge in [0, 0.05) is 32.0 Å². The Labute approximate surface area is 157 Å². The van der Waals surface area contributed by atoms with Crippen LogP contribution in [0.25, 0.3) is 0 Å². The van der Waals surface area contributed by atoms with E-state index in [1.807, 2.05) is 23.2 Å². The number of carbonyl (C=O) groups excluding carboxylic acids is 1. The molecule has 2 aromatic rings. The van der Waals surface area contributed by atoms with E-state index in [4.69, 9.17) is 18.9 Å². The Morgan fingerprint density at radius 2 is 2.41 bits per heavy atom. The summed E-state index contributed by atoms with van der Waals surface area (Å²) in [6, 6.07) is 3.76. The number of anilines is 1. The Morgan fingerprint density at radius 3 is 3.22 bits per heavy atom. The number of methoxy groups -OCH3 is 1. The van der Waals surface area contributed by atoms with Gasteiger partial charge in [-0.05, 0) is 18.6 Å². The number of nitrogens with zero attached hydrogens (tertiary/aromatic N) is 3. The van der Waals surface area contributed by atoms with Crippen molar-refractivity contribution in [2.75, 3.05) is 38.7 Å². The quantitative estimate of drug-likeness (QED) is 0.826. The topological polar surface area (TPSA) is 89.7 Å². The highest BCUT2D eigenvalue weighted by Gasteiger charge is 2.46. The minimum absolute atomic E-state index is 0.117. The zero-order valence-electron chi connectivity index (χ0n) is 15.4. The summed E-state index contributed by atoms with van der Waals surface area (Å²) in [5.74, 6) is 1.51. The fraction of sp³-hybridized carbons (Fsp3) is 0.526. The Morgan fingerprint density at radius 1 is 1.48 bits per heavy atom. The van der Waals surface area contributed by atoms with Crippen LogP contribution >= 0.6 is 0 Å². The molecule has 1 amide bonds. The molecule has 0 radical (unpaired) electrons. The third kappa shape index (κ3) is 3.68. The average Bonchev–Trinajstić information content (AvgIpc) is 3.36. The molecule has 0 aliphatic carbocycles. The number of aromatic nitrogens is 2. The number of carbonyl (C=O) groups is 1. The van der Waals surface area contributed by atoms with Crippen LogP contribution in [0.3, 0.4) is 0 Å². The molecule has 2 aliphatic heterocycles. The van der Waals surface area contributed by atoms with Gasteiger partial charge in [0.15, 0.2) is 0 Å². The Hall–Kier alpha value is -2.45. The number of amides is 1. The number of fused-ring (bicyclic) bond motifs is 2. The molecule has 144 valence electrons. The second kappa shape index (κ2) is 7.66. The van der Waals surface area contributed by atoms with Crippen molar-refractivity contribution in [2.24, 2.45) is 0 Å². The molecule has 2 aromatic heterocycles. The fourth-order valence-electron chi connectivity index (χ4n) is 3.80. The first kappa shape index (κ1) is 17.9. The number of hydrogen-bond donors (Lipinski definition) is 1. The van der Waals surface area contributed by atoms with E-state index < -0.39 is 0 Å². The van der Waals surface area contributed by atoms with E-state index in [0.717, 1.165) is 23.4 Å². The third-order valence-electron chi connectivity index (χ3n) is 5.23. The summed E-state index contributed by atoms with van der Waals surface area (Å²) in [6.07, 6.45) is 4.71. The zero-order valence-corrected chi connectivity index (χ0v) is 15.4. The lowest BCUT2D eigenvalue weighted by molar-refractivity contribution is -0.131. The standard InChI is InChI=1S/C19H24N4O4/c1-25-8-4-16(24)23-6-5-19(12-23)13-26-11-14-9-20-18(22-17(14)19)21-10-15-3-2-7-27-15/h2-3,7,9H,4-6,8,10-13H2,1H3,(H,20,21,22)/t19-/m0/s1. The first-order valence-corrected chi connectivity index (χ1v) is 9.17. The van der Waals surface area contributed by atoms with Gasteiger partial charge in [0.2, 0.25) is 11.9 Å². The van der Waals surface area contributed by atoms with Crippen molar-refractivity contribution < 1.29 is 18.7 Å². The van der Waals surface area contributed by atoms with Crippen molar-refractivity contribution >= 4 is 11.9 Å². The second-order valence-electron chi connectivity index (χ2n) is 7.08. The molecule has 1 spiro atoms. The molecule has 8 nitrogen and oxygen atoms in total. The summed E-state index contributed by atoms with van der Waals surface area (Å²) in [4.78, 5) is 23.5. The maximum atomic E-state index is 12.4. The molecular weight excluding hydrogens is 348 g/mol. The smallest absolute Gasteiger partial charge is 0.224 e. The van der Waals surface area contributed by atoms with Crippen LogP contribution in [0.15, 0.2) is 29.0 Å². The van der Waals surface area contributed by atoms with Crippen molar-refractivity contribution in [3.63, 3.8) is 0 Å². The minimum Gasteiger partial charge on any atom is -0.467 e. The Balaban J connectivity index is 1.51. The molecule has 27 heavy (non-hydrogen) atoms. The number of hydrogen-bond acceptors (Lipinski definition) is 7. The summed E-state index contributed by atoms with van der Waals surface area (Å²) >= 11 is 0. The maximum absolute atomic E-state index is 12.4. The van der Waals surface area contributed by atoms with Gasteiger partial charge < -0.3 is 24.1 Å². The molecule has 4 rings (SSSR count). The summed E-state index contributed by atoms with van der Waals surface area (Å²) < 4.78 is 16.2. The van der Waals surface area contributed by atoms with E-state index in [2.05, 4.69) is 10.3 Å². The van der Waals surface area contributed by atoms with Crippen molar-refractivity contribution in [2.45, 2.75) is 31.4 Å². The van der Waals surface area contributed by atoms with Crippen LogP contribution in [0.2, 0.25) is 0 Å². The van der Waals surface area contributed by atoms with Crippen LogP contribution < -0.4 is 5.32 Å². The summed E-state index contributed by atoms with van der Waals surface area (Å²) in [7, 11) is 1.61. The molecule has 0 unspecified atom stereocenters. The first-order valence-electron chi connectivity index (χ1n) is 9.17. The van der Waals surface area contributed by atoms with Gasteiger partial charge in [-0.25, -0.2) is 9.97 Å². The fourth-order valence-corrected chi connectivity index (χ4v) is 3.80. The van der Waals surface area contributed by atoms with Crippen LogP contribution in [-0.2, 0) is 32.8 Å². The molecule has 1 N–H and O–H groups in total. The van der Waals surface area contributed by atoms with Gasteiger partial charge in [-0.3, -0.25) is 4.79 Å². The third-order valence-corrected chi connectivity index (χ3v) is 5.23. The number of nitrogens with one attached hydrogen (secondary N) is 1. The molecule has 0 bridgehead atoms. The molecule has 1 saturated heterocycles. The van der Waals surface area contributed by atoms with Gasteiger partial charge in [-0.2, -0.15) is 0 Å². The molecule has 2 aliphatic rings. The van der Waals surface area contributed by atoms with Crippen LogP contribution in [0.1, 0.15) is 29.9 Å². The maximum Gasteiger partial charge on any atom is 0.224 e. The molecule has 1 atom stereocenters. The monoisotopic (exact) mass is 372 g/mol. The van der Waals surface area contributed by atoms with E-state index in [1.54, 1.807) is 13.4 Å². The van der Waals surface area contributed by atoms with Crippen LogP contribution in [0, 0.1) is 0 Å². The number of ether oxygens (including phenoxy) is 2. The normalized spacial score (nSPS) is 21.4. The van der Waals surface area contributed by atoms with Gasteiger partial charge in [-0.1, -0.05) is 0 Å². The van der Waals surface area contributed by atoms with Crippen LogP contribution in [-0.4, -0.2) is 54.2 Å². The van der Waals surface area contributed by atoms with Crippen molar-refractivity contribution in [3.8, 4) is 0 Å². The average molecular weight is 372 g/mol. The second-order valence-corrected chi connectivity index (χ2v) is 7.08. The van der Waals surface area contributed by atoms with Gasteiger partial charge in [-0.15, -0.1) is 0 Å². The van der Waals surface area contributed by atoms with Crippen molar-refractivity contribution in [1.29, 1.82) is 0 Å². The first-order chi connectivity index (χ1) is 13.2. The number of furan rings is 1. The van der Waals surface area contributed by atoms with E-state index >= 15 is 0 Å². The van der Waals surface area contributed by atoms with E-state index in [0.29, 0.717) is 51.8 Å². The molecule has 4 heterocycles. The number of rotatable bonds is 6. The number of likely N-dealkylation sites (tertiary alicyclic amines) is 1. The highest BCUT2D eigenvalue weighted by molar-refractivity contribution is 5.77. The lowest BCUT2D eigenvalue weighted by Gasteiger charge is -2.34. The minimum atomic E-state index is -0.264. The Kier molecular flexibility index (Phi) is 5.09. The molecule has 0 aromatic carbocycles. The lowest BCUT2D eigenvalue weighted by Crippen LogP contribution is -2.42. The SMILES string of the molecule is COCCC(=O)N1CC[C@@]2(COCc3cnc(NCc4ccco4)nc32)C1. The summed E-state index contributed by atoms with van der Waals surface area (Å²) in [5.41, 5.74) is 1.73. The molecule has 0 saturated carbocycles. The predicted molar refractivity (Wildman–Crippen MR) is 97.1 cm³/mol. The lowest BCUT2D eigenvalue weighted by atomic mass is 9.80. The van der Waals surface area contributed by atoms with Crippen LogP contribution in [0.5, 0.6) is 0 Å². The van der Waals surface area contributed by atoms with Gasteiger partial charge in [0.1, 0.15) is 5.76 Å². The van der Waals surface area contributed by atoms with E-state index in [-0.39, 0.29) is 11.3 Å². The highest BCUT2D eigenvalue weighted by atomic mass is 16.5. The van der Waals surface area contributed by atoms with Crippen LogP contribution in [0.4, 0.5) is 5.95 Å². The molecular formula is C19H24N4O4. The molecule has 1 fully saturated rings. The Bertz CT molecular complexity index is 795.